The molecule has 1 saturated heterocycles. The number of aromatic nitrogens is 1. The van der Waals surface area contributed by atoms with Crippen LogP contribution in [0.4, 0.5) is 0 Å². The predicted octanol–water partition coefficient (Wildman–Crippen LogP) is 2.48. The molecule has 1 unspecified atom stereocenters. The minimum atomic E-state index is -0.296. The second-order valence-corrected chi connectivity index (χ2v) is 5.92. The van der Waals surface area contributed by atoms with Crippen molar-refractivity contribution in [1.29, 1.82) is 0 Å². The van der Waals surface area contributed by atoms with Crippen LogP contribution in [0.5, 0.6) is 5.88 Å². The Balaban J connectivity index is 1.51. The molecule has 0 aliphatic carbocycles. The van der Waals surface area contributed by atoms with Crippen molar-refractivity contribution in [2.75, 3.05) is 13.1 Å². The van der Waals surface area contributed by atoms with Gasteiger partial charge in [-0.3, -0.25) is 9.59 Å². The van der Waals surface area contributed by atoms with Crippen LogP contribution in [0.25, 0.3) is 11.0 Å². The average molecular weight is 336 g/mol. The largest absolute Gasteiger partial charge is 0.472 e. The molecule has 3 heterocycles. The minimum Gasteiger partial charge on any atom is -0.472 e. The van der Waals surface area contributed by atoms with Gasteiger partial charge in [-0.05, 0) is 18.2 Å². The number of pyridine rings is 1. The molecule has 25 heavy (non-hydrogen) atoms. The maximum Gasteiger partial charge on any atom is 0.289 e. The molecule has 0 saturated carbocycles. The summed E-state index contributed by atoms with van der Waals surface area (Å²) in [6.07, 6.45) is 2.25. The van der Waals surface area contributed by atoms with Gasteiger partial charge in [0.15, 0.2) is 11.2 Å². The number of amides is 1. The van der Waals surface area contributed by atoms with E-state index in [1.54, 1.807) is 41.4 Å². The number of fused-ring (bicyclic) bond motifs is 1. The Morgan fingerprint density at radius 2 is 2.04 bits per heavy atom. The molecule has 126 valence electrons. The molecular formula is C19H16N2O4. The number of nitrogens with zero attached hydrogens (tertiary/aromatic N) is 2. The number of benzene rings is 1. The lowest BCUT2D eigenvalue weighted by atomic mass is 10.2. The highest BCUT2D eigenvalue weighted by Gasteiger charge is 2.30. The van der Waals surface area contributed by atoms with Crippen molar-refractivity contribution in [2.45, 2.75) is 12.5 Å². The van der Waals surface area contributed by atoms with Crippen molar-refractivity contribution < 1.29 is 13.9 Å². The molecule has 1 aliphatic heterocycles. The molecule has 0 bridgehead atoms. The van der Waals surface area contributed by atoms with E-state index in [4.69, 9.17) is 9.15 Å². The van der Waals surface area contributed by atoms with Crippen LogP contribution in [-0.4, -0.2) is 35.0 Å². The summed E-state index contributed by atoms with van der Waals surface area (Å²) < 4.78 is 11.4. The van der Waals surface area contributed by atoms with Gasteiger partial charge in [-0.2, -0.15) is 0 Å². The summed E-state index contributed by atoms with van der Waals surface area (Å²) in [5, 5.41) is 0.469. The molecule has 2 aromatic heterocycles. The van der Waals surface area contributed by atoms with Crippen LogP contribution in [0.15, 0.2) is 63.9 Å². The van der Waals surface area contributed by atoms with Crippen molar-refractivity contribution in [3.05, 3.63) is 70.7 Å². The molecule has 1 aromatic carbocycles. The van der Waals surface area contributed by atoms with E-state index < -0.39 is 0 Å². The maximum atomic E-state index is 12.7. The smallest absolute Gasteiger partial charge is 0.289 e. The van der Waals surface area contributed by atoms with Gasteiger partial charge in [0.05, 0.1) is 11.9 Å². The minimum absolute atomic E-state index is 0.0576. The van der Waals surface area contributed by atoms with E-state index in [0.717, 1.165) is 0 Å². The number of ether oxygens (including phenoxy) is 1. The quantitative estimate of drug-likeness (QED) is 0.735. The van der Waals surface area contributed by atoms with E-state index in [-0.39, 0.29) is 23.2 Å². The van der Waals surface area contributed by atoms with Gasteiger partial charge in [-0.1, -0.05) is 18.2 Å². The van der Waals surface area contributed by atoms with Crippen LogP contribution >= 0.6 is 0 Å². The van der Waals surface area contributed by atoms with Crippen LogP contribution in [0.3, 0.4) is 0 Å². The lowest BCUT2D eigenvalue weighted by Gasteiger charge is -2.16. The molecule has 1 fully saturated rings. The van der Waals surface area contributed by atoms with Gasteiger partial charge < -0.3 is 14.1 Å². The van der Waals surface area contributed by atoms with Gasteiger partial charge in [0.25, 0.3) is 5.91 Å². The van der Waals surface area contributed by atoms with Crippen molar-refractivity contribution in [2.24, 2.45) is 0 Å². The summed E-state index contributed by atoms with van der Waals surface area (Å²) in [5.74, 6) is 0.302. The zero-order chi connectivity index (χ0) is 17.2. The highest BCUT2D eigenvalue weighted by atomic mass is 16.5. The van der Waals surface area contributed by atoms with E-state index in [0.29, 0.717) is 36.4 Å². The molecule has 6 heteroatoms. The fourth-order valence-electron chi connectivity index (χ4n) is 2.96. The van der Waals surface area contributed by atoms with Crippen LogP contribution in [0, 0.1) is 0 Å². The fraction of sp³-hybridized carbons (Fsp3) is 0.211. The van der Waals surface area contributed by atoms with E-state index in [9.17, 15) is 9.59 Å². The van der Waals surface area contributed by atoms with Gasteiger partial charge in [0.1, 0.15) is 11.7 Å². The first-order chi connectivity index (χ1) is 12.2. The van der Waals surface area contributed by atoms with Crippen LogP contribution in [-0.2, 0) is 0 Å². The Hall–Kier alpha value is -3.15. The molecule has 0 N–H and O–H groups in total. The summed E-state index contributed by atoms with van der Waals surface area (Å²) in [5.41, 5.74) is 0.199. The SMILES string of the molecule is O=C(c1cc(=O)c2ccccc2o1)N1CCC(Oc2ccccn2)C1. The van der Waals surface area contributed by atoms with Gasteiger partial charge >= 0.3 is 0 Å². The number of hydrogen-bond donors (Lipinski definition) is 0. The molecule has 1 aliphatic rings. The Bertz CT molecular complexity index is 968. The monoisotopic (exact) mass is 336 g/mol. The first-order valence-corrected chi connectivity index (χ1v) is 8.10. The van der Waals surface area contributed by atoms with E-state index >= 15 is 0 Å². The van der Waals surface area contributed by atoms with Gasteiger partial charge in [0.2, 0.25) is 5.88 Å². The normalized spacial score (nSPS) is 17.0. The molecule has 0 spiro atoms. The summed E-state index contributed by atoms with van der Waals surface area (Å²) in [4.78, 5) is 30.6. The standard InChI is InChI=1S/C19H16N2O4/c22-15-11-17(25-16-6-2-1-5-14(15)16)19(23)21-10-8-13(12-21)24-18-7-3-4-9-20-18/h1-7,9,11,13H,8,10,12H2. The number of carbonyl (C=O) groups excluding carboxylic acids is 1. The van der Waals surface area contributed by atoms with Crippen LogP contribution in [0.1, 0.15) is 17.0 Å². The Kier molecular flexibility index (Phi) is 3.93. The number of hydrogen-bond acceptors (Lipinski definition) is 5. The summed E-state index contributed by atoms with van der Waals surface area (Å²) in [6.45, 7) is 0.985. The first kappa shape index (κ1) is 15.4. The van der Waals surface area contributed by atoms with Crippen LogP contribution in [0.2, 0.25) is 0 Å². The summed E-state index contributed by atoms with van der Waals surface area (Å²) in [7, 11) is 0. The van der Waals surface area contributed by atoms with Gasteiger partial charge in [-0.25, -0.2) is 4.98 Å². The summed E-state index contributed by atoms with van der Waals surface area (Å²) >= 11 is 0. The van der Waals surface area contributed by atoms with E-state index in [1.165, 1.54) is 6.07 Å². The highest BCUT2D eigenvalue weighted by molar-refractivity contribution is 5.93. The van der Waals surface area contributed by atoms with E-state index in [1.807, 2.05) is 12.1 Å². The van der Waals surface area contributed by atoms with Gasteiger partial charge in [-0.15, -0.1) is 0 Å². The lowest BCUT2D eigenvalue weighted by molar-refractivity contribution is 0.0740. The zero-order valence-corrected chi connectivity index (χ0v) is 13.4. The van der Waals surface area contributed by atoms with Gasteiger partial charge in [0, 0.05) is 31.3 Å². The Morgan fingerprint density at radius 1 is 1.20 bits per heavy atom. The molecule has 1 atom stereocenters. The number of likely N-dealkylation sites (tertiary alicyclic amines) is 1. The second-order valence-electron chi connectivity index (χ2n) is 5.92. The van der Waals surface area contributed by atoms with Crippen molar-refractivity contribution >= 4 is 16.9 Å². The molecule has 6 nitrogen and oxygen atoms in total. The third-order valence-electron chi connectivity index (χ3n) is 4.20. The number of carbonyl (C=O) groups is 1. The van der Waals surface area contributed by atoms with E-state index in [2.05, 4.69) is 4.98 Å². The third kappa shape index (κ3) is 3.10. The molecule has 0 radical (unpaired) electrons. The van der Waals surface area contributed by atoms with Crippen molar-refractivity contribution in [1.82, 2.24) is 9.88 Å². The first-order valence-electron chi connectivity index (χ1n) is 8.10. The third-order valence-corrected chi connectivity index (χ3v) is 4.20. The fourth-order valence-corrected chi connectivity index (χ4v) is 2.96. The number of para-hydroxylation sites is 1. The Morgan fingerprint density at radius 3 is 2.88 bits per heavy atom. The van der Waals surface area contributed by atoms with Crippen molar-refractivity contribution in [3.63, 3.8) is 0 Å². The Labute approximate surface area is 143 Å². The zero-order valence-electron chi connectivity index (χ0n) is 13.4. The van der Waals surface area contributed by atoms with Crippen LogP contribution < -0.4 is 10.2 Å². The average Bonchev–Trinajstić information content (AvgIpc) is 3.10. The molecule has 4 rings (SSSR count). The summed E-state index contributed by atoms with van der Waals surface area (Å²) in [6, 6.07) is 13.6. The van der Waals surface area contributed by atoms with Crippen molar-refractivity contribution in [3.8, 4) is 5.88 Å². The highest BCUT2D eigenvalue weighted by Crippen LogP contribution is 2.19. The lowest BCUT2D eigenvalue weighted by Crippen LogP contribution is -2.31. The predicted molar refractivity (Wildman–Crippen MR) is 91.7 cm³/mol. The molecular weight excluding hydrogens is 320 g/mol. The topological polar surface area (TPSA) is 72.6 Å². The molecule has 1 amide bonds. The second kappa shape index (κ2) is 6.39. The molecule has 3 aromatic rings. The maximum absolute atomic E-state index is 12.7. The number of rotatable bonds is 3.